The standard InChI is InChI=1S/C23H25N3O4S/c1-29-20-7-5-19(6-8-20)26-12-9-22(25-26)23(27)24-18-4-2-3-17(15-18)16-31(28)21-10-13-30-14-11-21/h2-9,12,15,21H,10-11,13-14,16H2,1H3,(H,24,27). The first kappa shape index (κ1) is 21.3. The molecule has 1 aliphatic heterocycles. The molecule has 0 radical (unpaired) electrons. The van der Waals surface area contributed by atoms with E-state index in [2.05, 4.69) is 10.4 Å². The molecule has 0 spiro atoms. The van der Waals surface area contributed by atoms with Crippen LogP contribution in [0, 0.1) is 0 Å². The molecule has 1 fully saturated rings. The van der Waals surface area contributed by atoms with Crippen molar-refractivity contribution in [3.63, 3.8) is 0 Å². The van der Waals surface area contributed by atoms with Crippen molar-refractivity contribution >= 4 is 22.4 Å². The molecule has 0 bridgehead atoms. The summed E-state index contributed by atoms with van der Waals surface area (Å²) in [5.41, 5.74) is 2.74. The van der Waals surface area contributed by atoms with Gasteiger partial charge in [0.15, 0.2) is 5.69 Å². The number of anilines is 1. The van der Waals surface area contributed by atoms with Crippen LogP contribution in [-0.2, 0) is 21.3 Å². The zero-order valence-electron chi connectivity index (χ0n) is 17.3. The van der Waals surface area contributed by atoms with E-state index in [-0.39, 0.29) is 11.2 Å². The summed E-state index contributed by atoms with van der Waals surface area (Å²) in [5, 5.41) is 7.42. The number of nitrogens with zero attached hydrogens (tertiary/aromatic N) is 2. The fraction of sp³-hybridized carbons (Fsp3) is 0.304. The average molecular weight is 440 g/mol. The van der Waals surface area contributed by atoms with Gasteiger partial charge < -0.3 is 14.8 Å². The van der Waals surface area contributed by atoms with Crippen LogP contribution in [0.1, 0.15) is 28.9 Å². The van der Waals surface area contributed by atoms with E-state index in [4.69, 9.17) is 9.47 Å². The second-order valence-corrected chi connectivity index (χ2v) is 9.05. The van der Waals surface area contributed by atoms with E-state index in [9.17, 15) is 9.00 Å². The van der Waals surface area contributed by atoms with Crippen molar-refractivity contribution in [2.24, 2.45) is 0 Å². The van der Waals surface area contributed by atoms with Gasteiger partial charge in [0, 0.05) is 46.9 Å². The van der Waals surface area contributed by atoms with Crippen LogP contribution in [0.4, 0.5) is 5.69 Å². The molecule has 31 heavy (non-hydrogen) atoms. The Labute approximate surface area is 183 Å². The molecule has 7 nitrogen and oxygen atoms in total. The molecule has 1 amide bonds. The van der Waals surface area contributed by atoms with Crippen LogP contribution in [-0.4, -0.2) is 45.5 Å². The molecule has 162 valence electrons. The fourth-order valence-electron chi connectivity index (χ4n) is 3.48. The molecule has 1 saturated heterocycles. The largest absolute Gasteiger partial charge is 0.497 e. The summed E-state index contributed by atoms with van der Waals surface area (Å²) in [6.07, 6.45) is 3.41. The van der Waals surface area contributed by atoms with Crippen LogP contribution in [0.25, 0.3) is 5.69 Å². The Kier molecular flexibility index (Phi) is 6.79. The smallest absolute Gasteiger partial charge is 0.276 e. The van der Waals surface area contributed by atoms with Gasteiger partial charge in [-0.3, -0.25) is 9.00 Å². The highest BCUT2D eigenvalue weighted by atomic mass is 32.2. The molecule has 1 N–H and O–H groups in total. The summed E-state index contributed by atoms with van der Waals surface area (Å²) in [6, 6.07) is 16.6. The summed E-state index contributed by atoms with van der Waals surface area (Å²) in [6.45, 7) is 1.35. The second kappa shape index (κ2) is 9.89. The van der Waals surface area contributed by atoms with Crippen molar-refractivity contribution < 1.29 is 18.5 Å². The van der Waals surface area contributed by atoms with E-state index in [1.807, 2.05) is 48.5 Å². The third-order valence-electron chi connectivity index (χ3n) is 5.19. The summed E-state index contributed by atoms with van der Waals surface area (Å²) < 4.78 is 24.8. The Morgan fingerprint density at radius 3 is 2.71 bits per heavy atom. The minimum absolute atomic E-state index is 0.175. The van der Waals surface area contributed by atoms with Gasteiger partial charge in [-0.15, -0.1) is 0 Å². The van der Waals surface area contributed by atoms with Gasteiger partial charge in [0.2, 0.25) is 0 Å². The highest BCUT2D eigenvalue weighted by Gasteiger charge is 2.20. The SMILES string of the molecule is COc1ccc(-n2ccc(C(=O)Nc3cccc(CS(=O)C4CCOCC4)c3)n2)cc1. The third-order valence-corrected chi connectivity index (χ3v) is 7.03. The monoisotopic (exact) mass is 439 g/mol. The number of rotatable bonds is 7. The van der Waals surface area contributed by atoms with E-state index in [0.29, 0.717) is 30.3 Å². The predicted molar refractivity (Wildman–Crippen MR) is 120 cm³/mol. The van der Waals surface area contributed by atoms with Crippen molar-refractivity contribution in [3.8, 4) is 11.4 Å². The molecule has 8 heteroatoms. The molecule has 1 atom stereocenters. The van der Waals surface area contributed by atoms with Crippen molar-refractivity contribution in [2.45, 2.75) is 23.8 Å². The maximum Gasteiger partial charge on any atom is 0.276 e. The number of carbonyl (C=O) groups is 1. The van der Waals surface area contributed by atoms with Crippen LogP contribution < -0.4 is 10.1 Å². The van der Waals surface area contributed by atoms with Crippen LogP contribution >= 0.6 is 0 Å². The van der Waals surface area contributed by atoms with Crippen molar-refractivity contribution in [3.05, 3.63) is 72.1 Å². The number of ether oxygens (including phenoxy) is 2. The number of carbonyl (C=O) groups excluding carboxylic acids is 1. The highest BCUT2D eigenvalue weighted by Crippen LogP contribution is 2.19. The molecule has 0 aliphatic carbocycles. The lowest BCUT2D eigenvalue weighted by atomic mass is 10.2. The Morgan fingerprint density at radius 1 is 1.19 bits per heavy atom. The zero-order valence-corrected chi connectivity index (χ0v) is 18.1. The Bertz CT molecular complexity index is 1060. The van der Waals surface area contributed by atoms with Gasteiger partial charge in [0.1, 0.15) is 5.75 Å². The number of nitrogens with one attached hydrogen (secondary N) is 1. The number of benzene rings is 2. The lowest BCUT2D eigenvalue weighted by Gasteiger charge is -2.21. The minimum Gasteiger partial charge on any atom is -0.497 e. The number of aromatic nitrogens is 2. The molecular weight excluding hydrogens is 414 g/mol. The van der Waals surface area contributed by atoms with E-state index >= 15 is 0 Å². The first-order valence-electron chi connectivity index (χ1n) is 10.2. The summed E-state index contributed by atoms with van der Waals surface area (Å²) in [7, 11) is 0.662. The summed E-state index contributed by atoms with van der Waals surface area (Å²) in [4.78, 5) is 12.7. The number of hydrogen-bond acceptors (Lipinski definition) is 5. The molecule has 4 rings (SSSR count). The number of amides is 1. The van der Waals surface area contributed by atoms with Gasteiger partial charge in [-0.1, -0.05) is 12.1 Å². The lowest BCUT2D eigenvalue weighted by molar-refractivity contribution is 0.0991. The Morgan fingerprint density at radius 2 is 1.97 bits per heavy atom. The van der Waals surface area contributed by atoms with Gasteiger partial charge in [0.05, 0.1) is 12.8 Å². The van der Waals surface area contributed by atoms with Crippen molar-refractivity contribution in [1.82, 2.24) is 9.78 Å². The summed E-state index contributed by atoms with van der Waals surface area (Å²) in [5.74, 6) is 0.932. The first-order chi connectivity index (χ1) is 15.1. The van der Waals surface area contributed by atoms with Gasteiger partial charge in [0.25, 0.3) is 5.91 Å². The third kappa shape index (κ3) is 5.39. The Balaban J connectivity index is 1.40. The maximum atomic E-state index is 12.7. The second-order valence-electron chi connectivity index (χ2n) is 7.33. The topological polar surface area (TPSA) is 82.5 Å². The van der Waals surface area contributed by atoms with Crippen LogP contribution in [0.5, 0.6) is 5.75 Å². The maximum absolute atomic E-state index is 12.7. The van der Waals surface area contributed by atoms with Crippen LogP contribution in [0.15, 0.2) is 60.8 Å². The zero-order chi connectivity index (χ0) is 21.6. The first-order valence-corrected chi connectivity index (χ1v) is 11.6. The van der Waals surface area contributed by atoms with Crippen molar-refractivity contribution in [2.75, 3.05) is 25.6 Å². The van der Waals surface area contributed by atoms with E-state index in [0.717, 1.165) is 29.8 Å². The van der Waals surface area contributed by atoms with Gasteiger partial charge in [-0.05, 0) is 60.9 Å². The molecule has 1 aliphatic rings. The number of methoxy groups -OCH3 is 1. The molecule has 3 aromatic rings. The highest BCUT2D eigenvalue weighted by molar-refractivity contribution is 7.84. The van der Waals surface area contributed by atoms with E-state index in [1.165, 1.54) is 0 Å². The van der Waals surface area contributed by atoms with E-state index in [1.54, 1.807) is 24.1 Å². The average Bonchev–Trinajstić information content (AvgIpc) is 3.30. The summed E-state index contributed by atoms with van der Waals surface area (Å²) >= 11 is 0. The quantitative estimate of drug-likeness (QED) is 0.609. The number of hydrogen-bond donors (Lipinski definition) is 1. The van der Waals surface area contributed by atoms with Crippen molar-refractivity contribution in [1.29, 1.82) is 0 Å². The normalized spacial score (nSPS) is 15.4. The lowest BCUT2D eigenvalue weighted by Crippen LogP contribution is -2.25. The molecule has 1 unspecified atom stereocenters. The van der Waals surface area contributed by atoms with Gasteiger partial charge in [-0.2, -0.15) is 5.10 Å². The fourth-order valence-corrected chi connectivity index (χ4v) is 4.94. The van der Waals surface area contributed by atoms with E-state index < -0.39 is 10.8 Å². The molecule has 1 aromatic heterocycles. The molecule has 0 saturated carbocycles. The van der Waals surface area contributed by atoms with Crippen LogP contribution in [0.3, 0.4) is 0 Å². The minimum atomic E-state index is -0.952. The molecule has 2 aromatic carbocycles. The van der Waals surface area contributed by atoms with Crippen LogP contribution in [0.2, 0.25) is 0 Å². The molecular formula is C23H25N3O4S. The van der Waals surface area contributed by atoms with Gasteiger partial charge >= 0.3 is 0 Å². The van der Waals surface area contributed by atoms with Gasteiger partial charge in [-0.25, -0.2) is 4.68 Å². The predicted octanol–water partition coefficient (Wildman–Crippen LogP) is 3.56. The molecule has 2 heterocycles. The Hall–Kier alpha value is -2.97.